The molecule has 2 aromatic heterocycles. The Labute approximate surface area is 104 Å². The molecule has 7 heteroatoms. The number of anilines is 1. The lowest BCUT2D eigenvalue weighted by Crippen LogP contribution is -2.29. The second-order valence-corrected chi connectivity index (χ2v) is 3.99. The third-order valence-electron chi connectivity index (χ3n) is 2.75. The van der Waals surface area contributed by atoms with Crippen LogP contribution in [0.4, 0.5) is 5.69 Å². The van der Waals surface area contributed by atoms with E-state index >= 15 is 0 Å². The third kappa shape index (κ3) is 2.20. The number of aromatic amines is 1. The van der Waals surface area contributed by atoms with Crippen molar-refractivity contribution in [1.82, 2.24) is 25.3 Å². The summed E-state index contributed by atoms with van der Waals surface area (Å²) in [6.07, 6.45) is 4.90. The summed E-state index contributed by atoms with van der Waals surface area (Å²) in [5, 5.41) is 13.5. The van der Waals surface area contributed by atoms with Gasteiger partial charge in [0.1, 0.15) is 5.69 Å². The van der Waals surface area contributed by atoms with Crippen LogP contribution in [-0.2, 0) is 6.54 Å². The first-order chi connectivity index (χ1) is 8.63. The van der Waals surface area contributed by atoms with Crippen LogP contribution in [0.25, 0.3) is 0 Å². The summed E-state index contributed by atoms with van der Waals surface area (Å²) in [5.74, 6) is -0.236. The quantitative estimate of drug-likeness (QED) is 0.741. The summed E-state index contributed by atoms with van der Waals surface area (Å²) in [4.78, 5) is 12.1. The molecule has 0 fully saturated rings. The summed E-state index contributed by atoms with van der Waals surface area (Å²) in [7, 11) is 0. The number of aromatic nitrogens is 4. The van der Waals surface area contributed by atoms with Crippen molar-refractivity contribution in [2.75, 3.05) is 5.73 Å². The van der Waals surface area contributed by atoms with Crippen molar-refractivity contribution in [2.45, 2.75) is 26.4 Å². The number of carbonyl (C=O) groups is 1. The molecular formula is C11H16N6O. The van der Waals surface area contributed by atoms with E-state index in [0.717, 1.165) is 5.56 Å². The number of carbonyl (C=O) groups excluding carboxylic acids is 1. The van der Waals surface area contributed by atoms with Crippen LogP contribution >= 0.6 is 0 Å². The maximum atomic E-state index is 12.1. The number of hydrogen-bond donors (Lipinski definition) is 3. The minimum Gasteiger partial charge on any atom is -0.396 e. The summed E-state index contributed by atoms with van der Waals surface area (Å²) in [5.41, 5.74) is 7.44. The van der Waals surface area contributed by atoms with Gasteiger partial charge >= 0.3 is 0 Å². The summed E-state index contributed by atoms with van der Waals surface area (Å²) < 4.78 is 1.58. The molecule has 0 bridgehead atoms. The van der Waals surface area contributed by atoms with Gasteiger partial charge in [0.15, 0.2) is 0 Å². The fourth-order valence-corrected chi connectivity index (χ4v) is 1.73. The van der Waals surface area contributed by atoms with E-state index in [-0.39, 0.29) is 11.9 Å². The van der Waals surface area contributed by atoms with E-state index in [1.54, 1.807) is 17.1 Å². The fourth-order valence-electron chi connectivity index (χ4n) is 1.73. The van der Waals surface area contributed by atoms with Crippen LogP contribution in [-0.4, -0.2) is 25.9 Å². The Hall–Kier alpha value is -2.31. The summed E-state index contributed by atoms with van der Waals surface area (Å²) in [6.45, 7) is 4.38. The molecule has 2 rings (SSSR count). The molecule has 1 amide bonds. The Bertz CT molecular complexity index is 530. The molecular weight excluding hydrogens is 232 g/mol. The van der Waals surface area contributed by atoms with Gasteiger partial charge in [0.25, 0.3) is 5.91 Å². The lowest BCUT2D eigenvalue weighted by atomic mass is 10.2. The number of nitrogens with one attached hydrogen (secondary N) is 2. The van der Waals surface area contributed by atoms with Gasteiger partial charge in [-0.1, -0.05) is 0 Å². The van der Waals surface area contributed by atoms with E-state index in [2.05, 4.69) is 20.6 Å². The van der Waals surface area contributed by atoms with Crippen molar-refractivity contribution in [3.63, 3.8) is 0 Å². The first-order valence-electron chi connectivity index (χ1n) is 5.74. The van der Waals surface area contributed by atoms with Gasteiger partial charge in [-0.05, 0) is 13.8 Å². The number of nitrogen functional groups attached to an aromatic ring is 1. The summed E-state index contributed by atoms with van der Waals surface area (Å²) >= 11 is 0. The van der Waals surface area contributed by atoms with Crippen LogP contribution in [0.2, 0.25) is 0 Å². The van der Waals surface area contributed by atoms with Gasteiger partial charge in [0.2, 0.25) is 0 Å². The third-order valence-corrected chi connectivity index (χ3v) is 2.75. The van der Waals surface area contributed by atoms with E-state index in [4.69, 9.17) is 5.73 Å². The van der Waals surface area contributed by atoms with Crippen LogP contribution in [0.3, 0.4) is 0 Å². The molecule has 0 aromatic carbocycles. The monoisotopic (exact) mass is 248 g/mol. The largest absolute Gasteiger partial charge is 0.396 e. The minimum atomic E-state index is -0.236. The van der Waals surface area contributed by atoms with Gasteiger partial charge in [-0.3, -0.25) is 14.6 Å². The van der Waals surface area contributed by atoms with Crippen molar-refractivity contribution in [2.24, 2.45) is 0 Å². The molecule has 0 radical (unpaired) electrons. The van der Waals surface area contributed by atoms with E-state index < -0.39 is 0 Å². The van der Waals surface area contributed by atoms with E-state index in [0.29, 0.717) is 17.9 Å². The number of aryl methyl sites for hydroxylation is 1. The van der Waals surface area contributed by atoms with Gasteiger partial charge < -0.3 is 11.1 Å². The van der Waals surface area contributed by atoms with Gasteiger partial charge in [-0.25, -0.2) is 0 Å². The zero-order valence-corrected chi connectivity index (χ0v) is 10.3. The molecule has 2 heterocycles. The van der Waals surface area contributed by atoms with Crippen LogP contribution in [0.15, 0.2) is 18.6 Å². The van der Waals surface area contributed by atoms with Crippen molar-refractivity contribution in [3.8, 4) is 0 Å². The number of nitrogens with zero attached hydrogens (tertiary/aromatic N) is 3. The molecule has 7 nitrogen and oxygen atoms in total. The number of nitrogens with two attached hydrogens (primary N) is 1. The highest BCUT2D eigenvalue weighted by Gasteiger charge is 2.18. The van der Waals surface area contributed by atoms with E-state index in [9.17, 15) is 4.79 Å². The van der Waals surface area contributed by atoms with Crippen LogP contribution in [0, 0.1) is 0 Å². The number of amides is 1. The van der Waals surface area contributed by atoms with Crippen LogP contribution in [0.5, 0.6) is 0 Å². The molecule has 0 aliphatic heterocycles. The predicted octanol–water partition coefficient (Wildman–Crippen LogP) is 0.699. The molecule has 1 unspecified atom stereocenters. The fraction of sp³-hybridized carbons (Fsp3) is 0.364. The molecule has 96 valence electrons. The molecule has 0 saturated carbocycles. The highest BCUT2D eigenvalue weighted by molar-refractivity contribution is 5.97. The maximum absolute atomic E-state index is 12.1. The van der Waals surface area contributed by atoms with Gasteiger partial charge in [-0.15, -0.1) is 0 Å². The minimum absolute atomic E-state index is 0.143. The van der Waals surface area contributed by atoms with Crippen LogP contribution in [0.1, 0.15) is 35.9 Å². The molecule has 0 aliphatic carbocycles. The number of rotatable bonds is 4. The van der Waals surface area contributed by atoms with Crippen molar-refractivity contribution in [3.05, 3.63) is 29.8 Å². The smallest absolute Gasteiger partial charge is 0.272 e. The Kier molecular flexibility index (Phi) is 3.31. The highest BCUT2D eigenvalue weighted by atomic mass is 16.2. The van der Waals surface area contributed by atoms with Gasteiger partial charge in [0, 0.05) is 18.3 Å². The Morgan fingerprint density at radius 3 is 3.00 bits per heavy atom. The number of hydrogen-bond acceptors (Lipinski definition) is 4. The Morgan fingerprint density at radius 2 is 2.39 bits per heavy atom. The second kappa shape index (κ2) is 4.91. The van der Waals surface area contributed by atoms with Gasteiger partial charge in [0.05, 0.1) is 24.1 Å². The molecule has 0 saturated heterocycles. The maximum Gasteiger partial charge on any atom is 0.272 e. The zero-order chi connectivity index (χ0) is 13.1. The van der Waals surface area contributed by atoms with Gasteiger partial charge in [-0.2, -0.15) is 10.2 Å². The molecule has 4 N–H and O–H groups in total. The normalized spacial score (nSPS) is 12.3. The van der Waals surface area contributed by atoms with Crippen molar-refractivity contribution in [1.29, 1.82) is 0 Å². The van der Waals surface area contributed by atoms with Crippen LogP contribution < -0.4 is 11.1 Å². The lowest BCUT2D eigenvalue weighted by molar-refractivity contribution is 0.0930. The second-order valence-electron chi connectivity index (χ2n) is 3.99. The zero-order valence-electron chi connectivity index (χ0n) is 10.3. The molecule has 0 spiro atoms. The summed E-state index contributed by atoms with van der Waals surface area (Å²) in [6, 6.07) is -0.143. The first kappa shape index (κ1) is 12.2. The molecule has 0 aliphatic rings. The lowest BCUT2D eigenvalue weighted by Gasteiger charge is -2.13. The predicted molar refractivity (Wildman–Crippen MR) is 66.8 cm³/mol. The van der Waals surface area contributed by atoms with Crippen molar-refractivity contribution >= 4 is 11.6 Å². The number of H-pyrrole nitrogens is 1. The Morgan fingerprint density at radius 1 is 1.61 bits per heavy atom. The molecule has 2 aromatic rings. The Balaban J connectivity index is 2.15. The average molecular weight is 248 g/mol. The topological polar surface area (TPSA) is 102 Å². The first-order valence-corrected chi connectivity index (χ1v) is 5.74. The standard InChI is InChI=1S/C11H16N6O/c1-3-17-10(9(12)6-15-17)11(18)16-7(2)8-4-13-14-5-8/h4-7H,3,12H2,1-2H3,(H,13,14)(H,16,18). The van der Waals surface area contributed by atoms with E-state index in [1.165, 1.54) is 6.20 Å². The van der Waals surface area contributed by atoms with E-state index in [1.807, 2.05) is 13.8 Å². The average Bonchev–Trinajstić information content (AvgIpc) is 2.97. The molecule has 1 atom stereocenters. The SMILES string of the molecule is CCn1ncc(N)c1C(=O)NC(C)c1cn[nH]c1. The molecule has 18 heavy (non-hydrogen) atoms. The highest BCUT2D eigenvalue weighted by Crippen LogP contribution is 2.14. The van der Waals surface area contributed by atoms with Crippen molar-refractivity contribution < 1.29 is 4.79 Å².